The Bertz CT molecular complexity index is 605. The molecule has 0 unspecified atom stereocenters. The summed E-state index contributed by atoms with van der Waals surface area (Å²) in [5.41, 5.74) is 0.805. The molecule has 0 aliphatic rings. The van der Waals surface area contributed by atoms with E-state index in [2.05, 4.69) is 25.2 Å². The summed E-state index contributed by atoms with van der Waals surface area (Å²) in [5.74, 6) is 0.396. The second-order valence-corrected chi connectivity index (χ2v) is 5.64. The molecule has 2 heterocycles. The molecule has 0 aliphatic heterocycles. The second-order valence-electron chi connectivity index (χ2n) is 3.87. The van der Waals surface area contributed by atoms with Gasteiger partial charge in [0.05, 0.1) is 4.90 Å². The van der Waals surface area contributed by atoms with Crippen LogP contribution in [0.1, 0.15) is 11.6 Å². The van der Waals surface area contributed by atoms with Gasteiger partial charge in [0.1, 0.15) is 0 Å². The lowest BCUT2D eigenvalue weighted by Crippen LogP contribution is -2.25. The highest BCUT2D eigenvalue weighted by atomic mass is 32.2. The molecule has 0 atom stereocenters. The Hall–Kier alpha value is -1.71. The average Bonchev–Trinajstić information content (AvgIpc) is 3.00. The van der Waals surface area contributed by atoms with Crippen molar-refractivity contribution in [1.29, 1.82) is 0 Å². The zero-order chi connectivity index (χ0) is 13.7. The summed E-state index contributed by atoms with van der Waals surface area (Å²) in [7, 11) is -1.72. The molecule has 9 heteroatoms. The number of nitrogens with one attached hydrogen (secondary N) is 3. The zero-order valence-corrected chi connectivity index (χ0v) is 11.2. The first-order chi connectivity index (χ1) is 9.12. The van der Waals surface area contributed by atoms with Crippen LogP contribution in [-0.4, -0.2) is 37.1 Å². The molecule has 0 saturated heterocycles. The SMILES string of the molecule is CNCc1cc(S(=O)(=O)NCCc2ncno2)c[nH]1. The van der Waals surface area contributed by atoms with Gasteiger partial charge in [-0.25, -0.2) is 13.1 Å². The fourth-order valence-electron chi connectivity index (χ4n) is 1.55. The van der Waals surface area contributed by atoms with Crippen LogP contribution in [0.5, 0.6) is 0 Å². The lowest BCUT2D eigenvalue weighted by atomic mass is 10.4. The molecule has 2 aromatic heterocycles. The first-order valence-electron chi connectivity index (χ1n) is 5.69. The molecule has 2 aromatic rings. The predicted octanol–water partition coefficient (Wildman–Crippen LogP) is -0.362. The monoisotopic (exact) mass is 285 g/mol. The minimum absolute atomic E-state index is 0.205. The minimum Gasteiger partial charge on any atom is -0.363 e. The number of H-pyrrole nitrogens is 1. The van der Waals surface area contributed by atoms with E-state index in [0.29, 0.717) is 18.9 Å². The van der Waals surface area contributed by atoms with Crippen molar-refractivity contribution in [3.63, 3.8) is 0 Å². The van der Waals surface area contributed by atoms with Gasteiger partial charge in [-0.3, -0.25) is 0 Å². The largest absolute Gasteiger partial charge is 0.363 e. The van der Waals surface area contributed by atoms with Gasteiger partial charge in [-0.15, -0.1) is 0 Å². The van der Waals surface area contributed by atoms with Gasteiger partial charge in [-0.05, 0) is 13.1 Å². The summed E-state index contributed by atoms with van der Waals surface area (Å²) in [6.07, 6.45) is 3.09. The van der Waals surface area contributed by atoms with Gasteiger partial charge in [-0.1, -0.05) is 5.16 Å². The molecule has 0 radical (unpaired) electrons. The number of aromatic nitrogens is 3. The van der Waals surface area contributed by atoms with Gasteiger partial charge >= 0.3 is 0 Å². The molecule has 3 N–H and O–H groups in total. The van der Waals surface area contributed by atoms with Crippen molar-refractivity contribution < 1.29 is 12.9 Å². The summed E-state index contributed by atoms with van der Waals surface area (Å²) in [4.78, 5) is 6.92. The number of hydrogen-bond donors (Lipinski definition) is 3. The average molecular weight is 285 g/mol. The maximum atomic E-state index is 12.0. The van der Waals surface area contributed by atoms with Crippen molar-refractivity contribution >= 4 is 10.0 Å². The molecular weight excluding hydrogens is 270 g/mol. The Labute approximate surface area is 110 Å². The van der Waals surface area contributed by atoms with Crippen molar-refractivity contribution in [2.24, 2.45) is 0 Å². The van der Waals surface area contributed by atoms with E-state index in [1.165, 1.54) is 12.5 Å². The summed E-state index contributed by atoms with van der Waals surface area (Å²) in [6.45, 7) is 0.786. The van der Waals surface area contributed by atoms with E-state index in [0.717, 1.165) is 5.69 Å². The van der Waals surface area contributed by atoms with Crippen molar-refractivity contribution in [2.45, 2.75) is 17.9 Å². The quantitative estimate of drug-likeness (QED) is 0.640. The molecule has 0 aromatic carbocycles. The number of sulfonamides is 1. The van der Waals surface area contributed by atoms with Crippen LogP contribution in [0.2, 0.25) is 0 Å². The van der Waals surface area contributed by atoms with Crippen LogP contribution in [0.4, 0.5) is 0 Å². The number of aromatic amines is 1. The molecular formula is C10H15N5O3S. The van der Waals surface area contributed by atoms with Crippen molar-refractivity contribution in [3.05, 3.63) is 30.2 Å². The Kier molecular flexibility index (Phi) is 4.30. The van der Waals surface area contributed by atoms with E-state index in [1.54, 1.807) is 13.1 Å². The highest BCUT2D eigenvalue weighted by Gasteiger charge is 2.15. The van der Waals surface area contributed by atoms with E-state index in [4.69, 9.17) is 4.52 Å². The number of hydrogen-bond acceptors (Lipinski definition) is 6. The van der Waals surface area contributed by atoms with Crippen LogP contribution in [0.15, 0.2) is 28.0 Å². The van der Waals surface area contributed by atoms with Crippen LogP contribution in [0.25, 0.3) is 0 Å². The lowest BCUT2D eigenvalue weighted by molar-refractivity contribution is 0.377. The van der Waals surface area contributed by atoms with Crippen LogP contribution in [0, 0.1) is 0 Å². The maximum absolute atomic E-state index is 12.0. The summed E-state index contributed by atoms with van der Waals surface area (Å²) < 4.78 is 31.2. The molecule has 0 aliphatic carbocycles. The highest BCUT2D eigenvalue weighted by Crippen LogP contribution is 2.10. The molecule has 0 fully saturated rings. The van der Waals surface area contributed by atoms with Crippen molar-refractivity contribution in [1.82, 2.24) is 25.2 Å². The maximum Gasteiger partial charge on any atom is 0.242 e. The lowest BCUT2D eigenvalue weighted by Gasteiger charge is -2.02. The Morgan fingerprint density at radius 3 is 3.00 bits per heavy atom. The fourth-order valence-corrected chi connectivity index (χ4v) is 2.60. The summed E-state index contributed by atoms with van der Waals surface area (Å²) in [5, 5.41) is 6.38. The molecule has 0 amide bonds. The van der Waals surface area contributed by atoms with E-state index in [1.807, 2.05) is 0 Å². The van der Waals surface area contributed by atoms with Crippen LogP contribution < -0.4 is 10.0 Å². The fraction of sp³-hybridized carbons (Fsp3) is 0.400. The third-order valence-corrected chi connectivity index (χ3v) is 3.87. The van der Waals surface area contributed by atoms with Crippen molar-refractivity contribution in [3.8, 4) is 0 Å². The Balaban J connectivity index is 1.93. The van der Waals surface area contributed by atoms with E-state index in [-0.39, 0.29) is 11.4 Å². The van der Waals surface area contributed by atoms with Gasteiger partial charge < -0.3 is 14.8 Å². The van der Waals surface area contributed by atoms with Gasteiger partial charge in [0.2, 0.25) is 15.9 Å². The van der Waals surface area contributed by atoms with Crippen LogP contribution in [0.3, 0.4) is 0 Å². The molecule has 0 bridgehead atoms. The van der Waals surface area contributed by atoms with Crippen LogP contribution >= 0.6 is 0 Å². The minimum atomic E-state index is -3.51. The smallest absolute Gasteiger partial charge is 0.242 e. The standard InChI is InChI=1S/C10H15N5O3S/c1-11-5-8-4-9(6-12-8)19(16,17)15-3-2-10-13-7-14-18-10/h4,6-7,11-12,15H,2-3,5H2,1H3. The summed E-state index contributed by atoms with van der Waals surface area (Å²) >= 11 is 0. The molecule has 8 nitrogen and oxygen atoms in total. The first kappa shape index (κ1) is 13.7. The third-order valence-electron chi connectivity index (χ3n) is 2.43. The molecule has 0 spiro atoms. The van der Waals surface area contributed by atoms with Crippen molar-refractivity contribution in [2.75, 3.05) is 13.6 Å². The summed E-state index contributed by atoms with van der Waals surface area (Å²) in [6, 6.07) is 1.59. The van der Waals surface area contributed by atoms with Crippen LogP contribution in [-0.2, 0) is 23.0 Å². The molecule has 19 heavy (non-hydrogen) atoms. The van der Waals surface area contributed by atoms with Gasteiger partial charge in [-0.2, -0.15) is 4.98 Å². The van der Waals surface area contributed by atoms with E-state index in [9.17, 15) is 8.42 Å². The van der Waals surface area contributed by atoms with Gasteiger partial charge in [0.15, 0.2) is 6.33 Å². The van der Waals surface area contributed by atoms with Gasteiger partial charge in [0.25, 0.3) is 0 Å². The second kappa shape index (κ2) is 5.95. The predicted molar refractivity (Wildman–Crippen MR) is 66.7 cm³/mol. The molecule has 104 valence electrons. The zero-order valence-electron chi connectivity index (χ0n) is 10.4. The Morgan fingerprint density at radius 2 is 2.32 bits per heavy atom. The normalized spacial score (nSPS) is 11.8. The first-order valence-corrected chi connectivity index (χ1v) is 7.17. The molecule has 2 rings (SSSR count). The highest BCUT2D eigenvalue weighted by molar-refractivity contribution is 7.89. The number of nitrogens with zero attached hydrogens (tertiary/aromatic N) is 2. The Morgan fingerprint density at radius 1 is 1.47 bits per heavy atom. The number of rotatable bonds is 7. The molecule has 0 saturated carbocycles. The third kappa shape index (κ3) is 3.63. The van der Waals surface area contributed by atoms with E-state index < -0.39 is 10.0 Å². The van der Waals surface area contributed by atoms with Gasteiger partial charge in [0, 0.05) is 31.4 Å². The topological polar surface area (TPSA) is 113 Å². The van der Waals surface area contributed by atoms with E-state index >= 15 is 0 Å².